The second-order valence-corrected chi connectivity index (χ2v) is 12.1. The van der Waals surface area contributed by atoms with Gasteiger partial charge in [-0.05, 0) is 48.2 Å². The predicted molar refractivity (Wildman–Crippen MR) is 157 cm³/mol. The van der Waals surface area contributed by atoms with Crippen LogP contribution in [0.4, 0.5) is 5.69 Å². The molecule has 9 heteroatoms. The number of nitrogens with one attached hydrogen (secondary N) is 1. The van der Waals surface area contributed by atoms with Gasteiger partial charge in [-0.2, -0.15) is 0 Å². The molecule has 1 N–H and O–H groups in total. The van der Waals surface area contributed by atoms with Gasteiger partial charge in [0, 0.05) is 19.0 Å². The largest absolute Gasteiger partial charge is 0.497 e. The fraction of sp³-hybridized carbons (Fsp3) is 0.355. The lowest BCUT2D eigenvalue weighted by Crippen LogP contribution is -2.54. The van der Waals surface area contributed by atoms with Crippen molar-refractivity contribution < 1.29 is 22.7 Å². The van der Waals surface area contributed by atoms with Crippen LogP contribution in [0.5, 0.6) is 5.75 Å². The van der Waals surface area contributed by atoms with E-state index in [0.717, 1.165) is 47.4 Å². The summed E-state index contributed by atoms with van der Waals surface area (Å²) in [4.78, 5) is 29.4. The zero-order valence-electron chi connectivity index (χ0n) is 23.0. The molecule has 2 amide bonds. The lowest BCUT2D eigenvalue weighted by molar-refractivity contribution is -0.140. The van der Waals surface area contributed by atoms with Gasteiger partial charge in [-0.1, -0.05) is 73.5 Å². The summed E-state index contributed by atoms with van der Waals surface area (Å²) in [6, 6.07) is 24.7. The highest BCUT2D eigenvalue weighted by Gasteiger charge is 2.34. The van der Waals surface area contributed by atoms with Crippen LogP contribution in [0.3, 0.4) is 0 Å². The molecule has 3 aromatic carbocycles. The van der Waals surface area contributed by atoms with E-state index in [1.165, 1.54) is 12.0 Å². The van der Waals surface area contributed by atoms with E-state index in [1.807, 2.05) is 60.7 Å². The van der Waals surface area contributed by atoms with E-state index in [0.29, 0.717) is 17.9 Å². The first kappa shape index (κ1) is 29.1. The number of nitrogens with zero attached hydrogens (tertiary/aromatic N) is 2. The van der Waals surface area contributed by atoms with Crippen molar-refractivity contribution in [2.45, 2.75) is 50.7 Å². The predicted octanol–water partition coefficient (Wildman–Crippen LogP) is 4.16. The van der Waals surface area contributed by atoms with Crippen LogP contribution < -0.4 is 14.4 Å². The maximum Gasteiger partial charge on any atom is 0.244 e. The molecule has 0 aliphatic heterocycles. The maximum absolute atomic E-state index is 14.1. The van der Waals surface area contributed by atoms with E-state index in [4.69, 9.17) is 4.74 Å². The summed E-state index contributed by atoms with van der Waals surface area (Å²) in [6.07, 6.45) is 5.32. The average Bonchev–Trinajstić information content (AvgIpc) is 3.47. The molecule has 0 saturated heterocycles. The first-order chi connectivity index (χ1) is 19.2. The molecule has 212 valence electrons. The van der Waals surface area contributed by atoms with Gasteiger partial charge in [0.25, 0.3) is 0 Å². The van der Waals surface area contributed by atoms with Gasteiger partial charge >= 0.3 is 0 Å². The third-order valence-electron chi connectivity index (χ3n) is 7.21. The number of hydrogen-bond acceptors (Lipinski definition) is 5. The molecule has 1 fully saturated rings. The summed E-state index contributed by atoms with van der Waals surface area (Å²) in [7, 11) is -2.29. The van der Waals surface area contributed by atoms with Crippen LogP contribution in [0.1, 0.15) is 36.8 Å². The fourth-order valence-corrected chi connectivity index (χ4v) is 5.91. The lowest BCUT2D eigenvalue weighted by atomic mass is 10.0. The standard InChI is InChI=1S/C31H37N3O5S/c1-39-28-19-17-27(18-20-28)34(40(2,37)38)23-30(35)33(22-25-13-7-4-8-14-25)29(21-24-11-5-3-6-12-24)31(36)32-26-15-9-10-16-26/h3-8,11-14,17-20,26,29H,9-10,15-16,21-23H2,1-2H3,(H,32,36)/t29-/m0/s1. The highest BCUT2D eigenvalue weighted by Crippen LogP contribution is 2.24. The van der Waals surface area contributed by atoms with E-state index in [2.05, 4.69) is 5.32 Å². The van der Waals surface area contributed by atoms with Gasteiger partial charge in [-0.25, -0.2) is 8.42 Å². The molecule has 1 saturated carbocycles. The first-order valence-corrected chi connectivity index (χ1v) is 15.4. The fourth-order valence-electron chi connectivity index (χ4n) is 5.06. The molecule has 0 unspecified atom stereocenters. The van der Waals surface area contributed by atoms with E-state index in [1.54, 1.807) is 24.3 Å². The van der Waals surface area contributed by atoms with Crippen LogP contribution in [-0.2, 0) is 32.6 Å². The molecule has 0 aromatic heterocycles. The summed E-state index contributed by atoms with van der Waals surface area (Å²) in [5, 5.41) is 3.17. The zero-order valence-corrected chi connectivity index (χ0v) is 23.8. The van der Waals surface area contributed by atoms with Crippen LogP contribution in [0.15, 0.2) is 84.9 Å². The van der Waals surface area contributed by atoms with Crippen molar-refractivity contribution >= 4 is 27.5 Å². The van der Waals surface area contributed by atoms with Crippen LogP contribution >= 0.6 is 0 Å². The third-order valence-corrected chi connectivity index (χ3v) is 8.35. The molecule has 0 bridgehead atoms. The highest BCUT2D eigenvalue weighted by molar-refractivity contribution is 7.92. The second kappa shape index (κ2) is 13.5. The van der Waals surface area contributed by atoms with Crippen molar-refractivity contribution in [3.63, 3.8) is 0 Å². The summed E-state index contributed by atoms with van der Waals surface area (Å²) in [5.74, 6) is -0.122. The Bertz CT molecular complexity index is 1360. The molecule has 0 radical (unpaired) electrons. The Morgan fingerprint density at radius 2 is 1.48 bits per heavy atom. The van der Waals surface area contributed by atoms with Gasteiger partial charge in [-0.3, -0.25) is 13.9 Å². The number of anilines is 1. The molecule has 8 nitrogen and oxygen atoms in total. The van der Waals surface area contributed by atoms with E-state index in [-0.39, 0.29) is 18.5 Å². The summed E-state index contributed by atoms with van der Waals surface area (Å²) >= 11 is 0. The topological polar surface area (TPSA) is 96.0 Å². The summed E-state index contributed by atoms with van der Waals surface area (Å²) in [6.45, 7) is -0.282. The van der Waals surface area contributed by atoms with Crippen molar-refractivity contribution in [2.24, 2.45) is 0 Å². The number of amides is 2. The molecular formula is C31H37N3O5S. The first-order valence-electron chi connectivity index (χ1n) is 13.5. The Kier molecular flexibility index (Phi) is 9.82. The van der Waals surface area contributed by atoms with E-state index >= 15 is 0 Å². The van der Waals surface area contributed by atoms with E-state index in [9.17, 15) is 18.0 Å². The normalized spacial score (nSPS) is 14.3. The Balaban J connectivity index is 1.69. The Hall–Kier alpha value is -3.85. The lowest BCUT2D eigenvalue weighted by Gasteiger charge is -2.34. The van der Waals surface area contributed by atoms with Crippen LogP contribution in [0, 0.1) is 0 Å². The molecule has 1 aliphatic rings. The smallest absolute Gasteiger partial charge is 0.244 e. The van der Waals surface area contributed by atoms with Gasteiger partial charge in [0.05, 0.1) is 19.1 Å². The molecule has 0 spiro atoms. The monoisotopic (exact) mass is 563 g/mol. The number of benzene rings is 3. The molecular weight excluding hydrogens is 526 g/mol. The van der Waals surface area contributed by atoms with Gasteiger partial charge in [-0.15, -0.1) is 0 Å². The quantitative estimate of drug-likeness (QED) is 0.357. The molecule has 1 atom stereocenters. The summed E-state index contributed by atoms with van der Waals surface area (Å²) in [5.41, 5.74) is 2.10. The van der Waals surface area contributed by atoms with Crippen molar-refractivity contribution in [2.75, 3.05) is 24.2 Å². The van der Waals surface area contributed by atoms with Crippen LogP contribution in [-0.4, -0.2) is 57.1 Å². The van der Waals surface area contributed by atoms with Crippen LogP contribution in [0.2, 0.25) is 0 Å². The SMILES string of the molecule is COc1ccc(N(CC(=O)N(Cc2ccccc2)[C@@H](Cc2ccccc2)C(=O)NC2CCCC2)S(C)(=O)=O)cc1. The Morgan fingerprint density at radius 3 is 2.02 bits per heavy atom. The van der Waals surface area contributed by atoms with E-state index < -0.39 is 28.5 Å². The van der Waals surface area contributed by atoms with Crippen molar-refractivity contribution in [1.29, 1.82) is 0 Å². The molecule has 3 aromatic rings. The Morgan fingerprint density at radius 1 is 0.900 bits per heavy atom. The third kappa shape index (κ3) is 7.85. The number of rotatable bonds is 12. The maximum atomic E-state index is 14.1. The number of ether oxygens (including phenoxy) is 1. The van der Waals surface area contributed by atoms with Gasteiger partial charge in [0.2, 0.25) is 21.8 Å². The minimum Gasteiger partial charge on any atom is -0.497 e. The number of sulfonamides is 1. The van der Waals surface area contributed by atoms with Crippen LogP contribution in [0.25, 0.3) is 0 Å². The van der Waals surface area contributed by atoms with Gasteiger partial charge < -0.3 is 15.0 Å². The zero-order chi connectivity index (χ0) is 28.5. The molecule has 1 aliphatic carbocycles. The molecule has 0 heterocycles. The highest BCUT2D eigenvalue weighted by atomic mass is 32.2. The molecule has 40 heavy (non-hydrogen) atoms. The van der Waals surface area contributed by atoms with Crippen molar-refractivity contribution in [3.05, 3.63) is 96.1 Å². The number of carbonyl (C=O) groups excluding carboxylic acids is 2. The second-order valence-electron chi connectivity index (χ2n) is 10.2. The van der Waals surface area contributed by atoms with Gasteiger partial charge in [0.15, 0.2) is 0 Å². The molecule has 4 rings (SSSR count). The van der Waals surface area contributed by atoms with Gasteiger partial charge in [0.1, 0.15) is 18.3 Å². The number of methoxy groups -OCH3 is 1. The van der Waals surface area contributed by atoms with Crippen molar-refractivity contribution in [1.82, 2.24) is 10.2 Å². The Labute approximate surface area is 237 Å². The minimum absolute atomic E-state index is 0.0752. The summed E-state index contributed by atoms with van der Waals surface area (Å²) < 4.78 is 32.0. The van der Waals surface area contributed by atoms with Crippen molar-refractivity contribution in [3.8, 4) is 5.75 Å². The number of hydrogen-bond donors (Lipinski definition) is 1. The average molecular weight is 564 g/mol. The minimum atomic E-state index is -3.82. The number of carbonyl (C=O) groups is 2.